The quantitative estimate of drug-likeness (QED) is 0.390. The lowest BCUT2D eigenvalue weighted by molar-refractivity contribution is -0.154. The number of methoxy groups -OCH3 is 1. The average molecular weight is 412 g/mol. The first-order valence-corrected chi connectivity index (χ1v) is 11.1. The van der Waals surface area contributed by atoms with Crippen LogP contribution in [0.25, 0.3) is 11.1 Å². The Balaban J connectivity index is 0.000000302. The van der Waals surface area contributed by atoms with E-state index in [1.54, 1.807) is 4.90 Å². The molecule has 4 aliphatic rings. The zero-order chi connectivity index (χ0) is 21.7. The molecule has 1 amide bonds. The SMILES string of the molecule is C#CC1C[C@H]2[C@@H](OC(=O)CCCCC)CCC[C@H]2N1C(=O)OC.Cc1cc2ccc1-2. The Labute approximate surface area is 180 Å². The first kappa shape index (κ1) is 22.2. The Morgan fingerprint density at radius 3 is 2.57 bits per heavy atom. The Hall–Kier alpha value is -2.48. The minimum atomic E-state index is -0.379. The van der Waals surface area contributed by atoms with Gasteiger partial charge in [0.25, 0.3) is 0 Å². The number of benzene rings is 1. The zero-order valence-corrected chi connectivity index (χ0v) is 18.4. The Kier molecular flexibility index (Phi) is 7.42. The molecule has 0 aromatic rings. The summed E-state index contributed by atoms with van der Waals surface area (Å²) in [4.78, 5) is 25.7. The molecule has 2 fully saturated rings. The number of aryl methyl sites for hydroxylation is 1. The molecule has 0 bridgehead atoms. The monoisotopic (exact) mass is 411 g/mol. The molecule has 30 heavy (non-hydrogen) atoms. The summed E-state index contributed by atoms with van der Waals surface area (Å²) in [5.41, 5.74) is 4.36. The van der Waals surface area contributed by atoms with E-state index in [9.17, 15) is 9.59 Å². The van der Waals surface area contributed by atoms with Crippen LogP contribution in [-0.4, -0.2) is 42.3 Å². The number of nitrogens with zero attached hydrogens (tertiary/aromatic N) is 1. The van der Waals surface area contributed by atoms with Crippen LogP contribution in [0.1, 0.15) is 63.9 Å². The molecule has 0 N–H and O–H groups in total. The maximum atomic E-state index is 12.0. The number of carbonyl (C=O) groups excluding carboxylic acids is 2. The predicted octanol–water partition coefficient (Wildman–Crippen LogP) is 5.10. The highest BCUT2D eigenvalue weighted by atomic mass is 16.5. The Morgan fingerprint density at radius 2 is 2.07 bits per heavy atom. The van der Waals surface area contributed by atoms with Gasteiger partial charge in [-0.25, -0.2) is 4.79 Å². The predicted molar refractivity (Wildman–Crippen MR) is 117 cm³/mol. The molecule has 0 spiro atoms. The second kappa shape index (κ2) is 10.0. The summed E-state index contributed by atoms with van der Waals surface area (Å²) < 4.78 is 10.6. The van der Waals surface area contributed by atoms with Crippen molar-refractivity contribution in [1.82, 2.24) is 4.90 Å². The number of likely N-dealkylation sites (tertiary alicyclic amines) is 1. The lowest BCUT2D eigenvalue weighted by Crippen LogP contribution is -2.46. The van der Waals surface area contributed by atoms with Gasteiger partial charge >= 0.3 is 12.1 Å². The van der Waals surface area contributed by atoms with E-state index in [-0.39, 0.29) is 36.2 Å². The highest BCUT2D eigenvalue weighted by Crippen LogP contribution is 2.41. The lowest BCUT2D eigenvalue weighted by atomic mass is 9.82. The largest absolute Gasteiger partial charge is 0.462 e. The summed E-state index contributed by atoms with van der Waals surface area (Å²) >= 11 is 0. The molecule has 0 aromatic carbocycles. The van der Waals surface area contributed by atoms with Gasteiger partial charge < -0.3 is 9.47 Å². The molecular formula is C25H33NO4. The van der Waals surface area contributed by atoms with E-state index in [2.05, 4.69) is 38.0 Å². The second-order valence-electron chi connectivity index (χ2n) is 8.47. The molecule has 3 aliphatic carbocycles. The molecule has 1 unspecified atom stereocenters. The van der Waals surface area contributed by atoms with Crippen LogP contribution in [0.5, 0.6) is 0 Å². The third-order valence-electron chi connectivity index (χ3n) is 6.53. The van der Waals surface area contributed by atoms with E-state index in [1.807, 2.05) is 0 Å². The Bertz CT molecular complexity index is 812. The van der Waals surface area contributed by atoms with E-state index in [0.29, 0.717) is 12.8 Å². The van der Waals surface area contributed by atoms with E-state index in [4.69, 9.17) is 15.9 Å². The zero-order valence-electron chi connectivity index (χ0n) is 18.4. The fraction of sp³-hybridized carbons (Fsp3) is 0.600. The van der Waals surface area contributed by atoms with Gasteiger partial charge in [-0.05, 0) is 55.7 Å². The van der Waals surface area contributed by atoms with Crippen molar-refractivity contribution in [3.05, 3.63) is 23.8 Å². The van der Waals surface area contributed by atoms with Crippen LogP contribution in [0.15, 0.2) is 18.2 Å². The molecule has 162 valence electrons. The molecule has 0 aromatic heterocycles. The standard InChI is InChI=1S/C18H27NO4.C7H6/c1-4-6-7-11-17(20)23-16-10-8-9-15-14(16)12-13(5-2)19(15)18(21)22-3;1-5-4-6-2-3-7(5)6/h2,13-16H,4,6-12H2,1,3H3;2-4H,1H3/t13?,14-,15-,16+;/m1./s1. The molecule has 1 aliphatic heterocycles. The molecule has 1 saturated carbocycles. The summed E-state index contributed by atoms with van der Waals surface area (Å²) in [7, 11) is 1.37. The number of esters is 1. The van der Waals surface area contributed by atoms with Crippen molar-refractivity contribution in [1.29, 1.82) is 0 Å². The number of amides is 1. The van der Waals surface area contributed by atoms with Crippen molar-refractivity contribution in [3.63, 3.8) is 0 Å². The van der Waals surface area contributed by atoms with Gasteiger partial charge in [-0.3, -0.25) is 9.69 Å². The van der Waals surface area contributed by atoms with Crippen LogP contribution >= 0.6 is 0 Å². The van der Waals surface area contributed by atoms with Crippen LogP contribution in [0.2, 0.25) is 0 Å². The number of rotatable bonds is 5. The molecule has 5 heteroatoms. The fourth-order valence-electron chi connectivity index (χ4n) is 4.85. The number of unbranched alkanes of at least 4 members (excludes halogenated alkanes) is 2. The van der Waals surface area contributed by atoms with E-state index < -0.39 is 0 Å². The summed E-state index contributed by atoms with van der Waals surface area (Å²) in [6.45, 7) is 4.25. The molecule has 0 radical (unpaired) electrons. The van der Waals surface area contributed by atoms with E-state index >= 15 is 0 Å². The van der Waals surface area contributed by atoms with Crippen molar-refractivity contribution in [2.75, 3.05) is 7.11 Å². The molecule has 1 heterocycles. The van der Waals surface area contributed by atoms with Crippen LogP contribution in [0.4, 0.5) is 4.79 Å². The number of ether oxygens (including phenoxy) is 2. The number of hydrogen-bond acceptors (Lipinski definition) is 4. The first-order chi connectivity index (χ1) is 14.5. The molecule has 5 nitrogen and oxygen atoms in total. The third-order valence-corrected chi connectivity index (χ3v) is 6.53. The van der Waals surface area contributed by atoms with Gasteiger partial charge in [-0.2, -0.15) is 0 Å². The summed E-state index contributed by atoms with van der Waals surface area (Å²) in [6.07, 6.45) is 11.9. The summed E-state index contributed by atoms with van der Waals surface area (Å²) in [5.74, 6) is 2.68. The lowest BCUT2D eigenvalue weighted by Gasteiger charge is -2.36. The number of hydrogen-bond donors (Lipinski definition) is 0. The fourth-order valence-corrected chi connectivity index (χ4v) is 4.85. The number of carbonyl (C=O) groups is 2. The molecule has 4 atom stereocenters. The average Bonchev–Trinajstić information content (AvgIpc) is 3.11. The smallest absolute Gasteiger partial charge is 0.410 e. The van der Waals surface area contributed by atoms with Gasteiger partial charge in [-0.1, -0.05) is 43.9 Å². The van der Waals surface area contributed by atoms with Crippen LogP contribution in [-0.2, 0) is 14.3 Å². The molecular weight excluding hydrogens is 378 g/mol. The van der Waals surface area contributed by atoms with Gasteiger partial charge in [0.15, 0.2) is 0 Å². The number of fused-ring (bicyclic) bond motifs is 2. The second-order valence-corrected chi connectivity index (χ2v) is 8.47. The van der Waals surface area contributed by atoms with Gasteiger partial charge in [-0.15, -0.1) is 6.42 Å². The maximum Gasteiger partial charge on any atom is 0.410 e. The highest BCUT2D eigenvalue weighted by molar-refractivity contribution is 5.80. The molecule has 4 rings (SSSR count). The van der Waals surface area contributed by atoms with Gasteiger partial charge in [0.1, 0.15) is 6.10 Å². The topological polar surface area (TPSA) is 55.8 Å². The van der Waals surface area contributed by atoms with Gasteiger partial charge in [0.05, 0.1) is 13.2 Å². The van der Waals surface area contributed by atoms with Crippen LogP contribution < -0.4 is 0 Å². The van der Waals surface area contributed by atoms with E-state index in [0.717, 1.165) is 38.5 Å². The van der Waals surface area contributed by atoms with Crippen LogP contribution in [0.3, 0.4) is 0 Å². The van der Waals surface area contributed by atoms with Crippen molar-refractivity contribution in [2.24, 2.45) is 5.92 Å². The van der Waals surface area contributed by atoms with Crippen molar-refractivity contribution >= 4 is 12.1 Å². The van der Waals surface area contributed by atoms with E-state index in [1.165, 1.54) is 23.8 Å². The number of terminal acetylenes is 1. The summed E-state index contributed by atoms with van der Waals surface area (Å²) in [5, 5.41) is 0. The van der Waals surface area contributed by atoms with Gasteiger partial charge in [0, 0.05) is 18.4 Å². The summed E-state index contributed by atoms with van der Waals surface area (Å²) in [6, 6.07) is 6.25. The van der Waals surface area contributed by atoms with Crippen LogP contribution in [0, 0.1) is 25.2 Å². The maximum absolute atomic E-state index is 12.0. The Morgan fingerprint density at radius 1 is 1.27 bits per heavy atom. The normalized spacial score (nSPS) is 25.3. The first-order valence-electron chi connectivity index (χ1n) is 11.1. The third kappa shape index (κ3) is 4.64. The van der Waals surface area contributed by atoms with Crippen molar-refractivity contribution in [2.45, 2.75) is 83.4 Å². The van der Waals surface area contributed by atoms with Gasteiger partial charge in [0.2, 0.25) is 0 Å². The highest BCUT2D eigenvalue weighted by Gasteiger charge is 2.49. The minimum Gasteiger partial charge on any atom is -0.462 e. The molecule has 1 saturated heterocycles. The van der Waals surface area contributed by atoms with Crippen molar-refractivity contribution in [3.8, 4) is 23.5 Å². The minimum absolute atomic E-state index is 0.0192. The van der Waals surface area contributed by atoms with Crippen molar-refractivity contribution < 1.29 is 19.1 Å².